The maximum absolute atomic E-state index is 12.4. The molecule has 1 aliphatic rings. The van der Waals surface area contributed by atoms with Crippen LogP contribution in [-0.2, 0) is 11.2 Å². The maximum atomic E-state index is 12.4. The molecule has 2 amide bonds. The summed E-state index contributed by atoms with van der Waals surface area (Å²) in [7, 11) is 0. The molecule has 1 aliphatic heterocycles. The summed E-state index contributed by atoms with van der Waals surface area (Å²) in [6.45, 7) is 2.31. The van der Waals surface area contributed by atoms with Crippen LogP contribution in [0.1, 0.15) is 35.4 Å². The van der Waals surface area contributed by atoms with Gasteiger partial charge >= 0.3 is 0 Å². The molecule has 2 aromatic rings. The predicted octanol–water partition coefficient (Wildman–Crippen LogP) is 3.74. The number of benzene rings is 1. The van der Waals surface area contributed by atoms with Crippen LogP contribution >= 0.6 is 15.9 Å². The number of unbranched alkanes of at least 4 members (excludes halogenated alkanes) is 1. The van der Waals surface area contributed by atoms with Crippen molar-refractivity contribution in [1.82, 2.24) is 9.80 Å². The van der Waals surface area contributed by atoms with Gasteiger partial charge in [0.2, 0.25) is 5.91 Å². The molecule has 0 spiro atoms. The first-order valence-electron chi connectivity index (χ1n) is 8.98. The van der Waals surface area contributed by atoms with E-state index in [9.17, 15) is 9.59 Å². The summed E-state index contributed by atoms with van der Waals surface area (Å²) >= 11 is 3.43. The molecule has 0 unspecified atom stereocenters. The highest BCUT2D eigenvalue weighted by molar-refractivity contribution is 9.10. The molecule has 0 bridgehead atoms. The molecule has 0 N–H and O–H groups in total. The van der Waals surface area contributed by atoms with E-state index in [1.165, 1.54) is 11.8 Å². The lowest BCUT2D eigenvalue weighted by Gasteiger charge is -2.34. The average molecular weight is 419 g/mol. The second-order valence-electron chi connectivity index (χ2n) is 6.48. The van der Waals surface area contributed by atoms with Gasteiger partial charge in [0.05, 0.1) is 6.26 Å². The third-order valence-corrected chi connectivity index (χ3v) is 5.20. The number of furan rings is 1. The van der Waals surface area contributed by atoms with E-state index in [2.05, 4.69) is 28.1 Å². The first-order chi connectivity index (χ1) is 12.6. The van der Waals surface area contributed by atoms with E-state index in [1.807, 2.05) is 17.0 Å². The fourth-order valence-electron chi connectivity index (χ4n) is 3.13. The molecule has 0 radical (unpaired) electrons. The zero-order valence-electron chi connectivity index (χ0n) is 14.7. The van der Waals surface area contributed by atoms with Crippen molar-refractivity contribution in [3.63, 3.8) is 0 Å². The average Bonchev–Trinajstić information content (AvgIpc) is 3.21. The van der Waals surface area contributed by atoms with Crippen molar-refractivity contribution in [2.24, 2.45) is 0 Å². The molecule has 3 rings (SSSR count). The van der Waals surface area contributed by atoms with Gasteiger partial charge in [0.25, 0.3) is 5.91 Å². The maximum Gasteiger partial charge on any atom is 0.289 e. The van der Waals surface area contributed by atoms with Gasteiger partial charge in [-0.15, -0.1) is 0 Å². The molecule has 0 saturated carbocycles. The molecule has 0 atom stereocenters. The molecule has 1 aromatic carbocycles. The summed E-state index contributed by atoms with van der Waals surface area (Å²) < 4.78 is 6.24. The minimum atomic E-state index is -0.100. The normalized spacial score (nSPS) is 14.5. The number of aryl methyl sites for hydroxylation is 1. The second-order valence-corrected chi connectivity index (χ2v) is 7.40. The second kappa shape index (κ2) is 9.03. The van der Waals surface area contributed by atoms with Crippen molar-refractivity contribution >= 4 is 27.7 Å². The molecule has 26 heavy (non-hydrogen) atoms. The Bertz CT molecular complexity index is 720. The molecule has 1 fully saturated rings. The Kier molecular flexibility index (Phi) is 6.50. The van der Waals surface area contributed by atoms with Crippen molar-refractivity contribution in [3.8, 4) is 0 Å². The standard InChI is InChI=1S/C20H23BrN2O3/c21-17-9-7-16(8-10-17)4-1-2-6-19(24)22-11-13-23(14-12-22)20(25)18-5-3-15-26-18/h3,5,7-10,15H,1-2,4,6,11-14H2. The monoisotopic (exact) mass is 418 g/mol. The summed E-state index contributed by atoms with van der Waals surface area (Å²) in [5, 5.41) is 0. The molecular weight excluding hydrogens is 396 g/mol. The number of hydrogen-bond donors (Lipinski definition) is 0. The number of hydrogen-bond acceptors (Lipinski definition) is 3. The first-order valence-corrected chi connectivity index (χ1v) is 9.78. The van der Waals surface area contributed by atoms with Crippen molar-refractivity contribution in [2.45, 2.75) is 25.7 Å². The Balaban J connectivity index is 1.36. The molecular formula is C20H23BrN2O3. The third kappa shape index (κ3) is 4.97. The van der Waals surface area contributed by atoms with E-state index in [-0.39, 0.29) is 11.8 Å². The van der Waals surface area contributed by atoms with Crippen LogP contribution in [0.2, 0.25) is 0 Å². The van der Waals surface area contributed by atoms with Crippen molar-refractivity contribution in [2.75, 3.05) is 26.2 Å². The van der Waals surface area contributed by atoms with Crippen LogP contribution < -0.4 is 0 Å². The zero-order valence-corrected chi connectivity index (χ0v) is 16.3. The molecule has 138 valence electrons. The number of halogens is 1. The molecule has 0 aliphatic carbocycles. The van der Waals surface area contributed by atoms with E-state index in [0.29, 0.717) is 38.4 Å². The van der Waals surface area contributed by atoms with E-state index < -0.39 is 0 Å². The van der Waals surface area contributed by atoms with Crippen LogP contribution in [0.4, 0.5) is 0 Å². The highest BCUT2D eigenvalue weighted by Crippen LogP contribution is 2.14. The lowest BCUT2D eigenvalue weighted by Crippen LogP contribution is -2.50. The van der Waals surface area contributed by atoms with E-state index >= 15 is 0 Å². The van der Waals surface area contributed by atoms with Gasteiger partial charge in [-0.1, -0.05) is 28.1 Å². The predicted molar refractivity (Wildman–Crippen MR) is 103 cm³/mol. The number of amides is 2. The van der Waals surface area contributed by atoms with E-state index in [1.54, 1.807) is 17.0 Å². The Labute approximate surface area is 162 Å². The Morgan fingerprint density at radius 2 is 1.65 bits per heavy atom. The summed E-state index contributed by atoms with van der Waals surface area (Å²) in [4.78, 5) is 28.2. The highest BCUT2D eigenvalue weighted by atomic mass is 79.9. The number of nitrogens with zero attached hydrogens (tertiary/aromatic N) is 2. The number of piperazine rings is 1. The van der Waals surface area contributed by atoms with E-state index in [0.717, 1.165) is 23.7 Å². The van der Waals surface area contributed by atoms with Gasteiger partial charge in [-0.25, -0.2) is 0 Å². The van der Waals surface area contributed by atoms with Crippen molar-refractivity contribution < 1.29 is 14.0 Å². The van der Waals surface area contributed by atoms with Gasteiger partial charge in [-0.2, -0.15) is 0 Å². The van der Waals surface area contributed by atoms with Gasteiger partial charge < -0.3 is 14.2 Å². The van der Waals surface area contributed by atoms with Crippen LogP contribution in [0, 0.1) is 0 Å². The van der Waals surface area contributed by atoms with Crippen molar-refractivity contribution in [3.05, 3.63) is 58.5 Å². The smallest absolute Gasteiger partial charge is 0.289 e. The lowest BCUT2D eigenvalue weighted by molar-refractivity contribution is -0.132. The molecule has 1 aromatic heterocycles. The van der Waals surface area contributed by atoms with Gasteiger partial charge in [-0.3, -0.25) is 9.59 Å². The minimum Gasteiger partial charge on any atom is -0.459 e. The van der Waals surface area contributed by atoms with Crippen LogP contribution in [0.25, 0.3) is 0 Å². The Morgan fingerprint density at radius 3 is 2.31 bits per heavy atom. The Morgan fingerprint density at radius 1 is 0.962 bits per heavy atom. The topological polar surface area (TPSA) is 53.8 Å². The van der Waals surface area contributed by atoms with Crippen LogP contribution in [0.5, 0.6) is 0 Å². The lowest BCUT2D eigenvalue weighted by atomic mass is 10.1. The number of carbonyl (C=O) groups is 2. The van der Waals surface area contributed by atoms with Gasteiger partial charge in [0, 0.05) is 37.1 Å². The fourth-order valence-corrected chi connectivity index (χ4v) is 3.39. The quantitative estimate of drug-likeness (QED) is 0.671. The SMILES string of the molecule is O=C(CCCCc1ccc(Br)cc1)N1CCN(C(=O)c2ccco2)CC1. The van der Waals surface area contributed by atoms with E-state index in [4.69, 9.17) is 4.42 Å². The first kappa shape index (κ1) is 18.7. The van der Waals surface area contributed by atoms with Crippen molar-refractivity contribution in [1.29, 1.82) is 0 Å². The molecule has 1 saturated heterocycles. The summed E-state index contributed by atoms with van der Waals surface area (Å²) in [6.07, 6.45) is 4.96. The van der Waals surface area contributed by atoms with Gasteiger partial charge in [0.1, 0.15) is 0 Å². The summed E-state index contributed by atoms with van der Waals surface area (Å²) in [5.74, 6) is 0.445. The van der Waals surface area contributed by atoms with Crippen LogP contribution in [0.3, 0.4) is 0 Å². The van der Waals surface area contributed by atoms with Gasteiger partial charge in [-0.05, 0) is 49.1 Å². The minimum absolute atomic E-state index is 0.100. The van der Waals surface area contributed by atoms with Crippen LogP contribution in [-0.4, -0.2) is 47.8 Å². The summed E-state index contributed by atoms with van der Waals surface area (Å²) in [5.41, 5.74) is 1.30. The third-order valence-electron chi connectivity index (χ3n) is 4.67. The molecule has 5 nitrogen and oxygen atoms in total. The largest absolute Gasteiger partial charge is 0.459 e. The zero-order chi connectivity index (χ0) is 18.4. The Hall–Kier alpha value is -2.08. The number of carbonyl (C=O) groups excluding carboxylic acids is 2. The molecule has 6 heteroatoms. The molecule has 2 heterocycles. The summed E-state index contributed by atoms with van der Waals surface area (Å²) in [6, 6.07) is 11.7. The highest BCUT2D eigenvalue weighted by Gasteiger charge is 2.25. The van der Waals surface area contributed by atoms with Gasteiger partial charge in [0.15, 0.2) is 5.76 Å². The number of rotatable bonds is 6. The fraction of sp³-hybridized carbons (Fsp3) is 0.400. The van der Waals surface area contributed by atoms with Crippen LogP contribution in [0.15, 0.2) is 51.6 Å².